The van der Waals surface area contributed by atoms with Crippen LogP contribution in [-0.4, -0.2) is 60.9 Å². The van der Waals surface area contributed by atoms with Gasteiger partial charge in [0, 0.05) is 12.1 Å². The highest BCUT2D eigenvalue weighted by atomic mass is 19.1. The average molecular weight is 430 g/mol. The molecule has 0 radical (unpaired) electrons. The minimum atomic E-state index is -0.909. The van der Waals surface area contributed by atoms with Gasteiger partial charge in [-0.15, -0.1) is 0 Å². The van der Waals surface area contributed by atoms with Crippen LogP contribution in [0.3, 0.4) is 0 Å². The fraction of sp³-hybridized carbons (Fsp3) is 0.304. The molecule has 1 fully saturated rings. The maximum absolute atomic E-state index is 14.2. The van der Waals surface area contributed by atoms with Crippen LogP contribution < -0.4 is 4.74 Å². The molecule has 2 aromatic carbocycles. The molecule has 3 rings (SSSR count). The maximum Gasteiger partial charge on any atom is 0.295 e. The average Bonchev–Trinajstić information content (AvgIpc) is 2.98. The standard InChI is InChI=1S/C23H24F2N2O4/c1-26(2)11-4-12-27-20(14-5-8-16(24)9-6-14)19(22(29)23(27)30)21(28)15-7-10-18(31-3)17(25)13-15/h5-10,13,20,28H,4,11-12H2,1-3H3/t20-/m0/s1. The van der Waals surface area contributed by atoms with Crippen molar-refractivity contribution < 1.29 is 28.2 Å². The topological polar surface area (TPSA) is 70.1 Å². The third-order valence-electron chi connectivity index (χ3n) is 5.16. The van der Waals surface area contributed by atoms with Gasteiger partial charge in [-0.25, -0.2) is 8.78 Å². The number of ether oxygens (including phenoxy) is 1. The Morgan fingerprint density at radius 1 is 1.13 bits per heavy atom. The number of Topliss-reactive ketones (excluding diaryl/α,β-unsaturated/α-hetero) is 1. The highest BCUT2D eigenvalue weighted by molar-refractivity contribution is 6.46. The van der Waals surface area contributed by atoms with Gasteiger partial charge in [-0.3, -0.25) is 9.59 Å². The molecule has 1 amide bonds. The summed E-state index contributed by atoms with van der Waals surface area (Å²) in [5.41, 5.74) is 0.351. The van der Waals surface area contributed by atoms with Crippen molar-refractivity contribution in [3.05, 3.63) is 70.8 Å². The molecule has 6 nitrogen and oxygen atoms in total. The summed E-state index contributed by atoms with van der Waals surface area (Å²) in [6.07, 6.45) is 0.592. The van der Waals surface area contributed by atoms with Gasteiger partial charge in [-0.1, -0.05) is 12.1 Å². The van der Waals surface area contributed by atoms with Gasteiger partial charge in [0.15, 0.2) is 11.6 Å². The number of hydrogen-bond acceptors (Lipinski definition) is 5. The number of methoxy groups -OCH3 is 1. The van der Waals surface area contributed by atoms with Crippen LogP contribution in [0.2, 0.25) is 0 Å². The van der Waals surface area contributed by atoms with E-state index in [1.165, 1.54) is 48.4 Å². The van der Waals surface area contributed by atoms with Crippen LogP contribution in [-0.2, 0) is 9.59 Å². The predicted molar refractivity (Wildman–Crippen MR) is 112 cm³/mol. The first kappa shape index (κ1) is 22.4. The molecule has 0 aliphatic carbocycles. The molecule has 8 heteroatoms. The number of halogens is 2. The molecular weight excluding hydrogens is 406 g/mol. The van der Waals surface area contributed by atoms with E-state index in [0.29, 0.717) is 18.5 Å². The number of hydrogen-bond donors (Lipinski definition) is 1. The van der Waals surface area contributed by atoms with E-state index in [4.69, 9.17) is 4.74 Å². The number of rotatable bonds is 7. The SMILES string of the molecule is COc1ccc(C(O)=C2C(=O)C(=O)N(CCCN(C)C)[C@H]2c2ccc(F)cc2)cc1F. The fourth-order valence-electron chi connectivity index (χ4n) is 3.63. The normalized spacial score (nSPS) is 18.1. The molecule has 1 aliphatic rings. The highest BCUT2D eigenvalue weighted by Gasteiger charge is 2.45. The molecule has 1 heterocycles. The van der Waals surface area contributed by atoms with Gasteiger partial charge in [0.1, 0.15) is 11.6 Å². The lowest BCUT2D eigenvalue weighted by Crippen LogP contribution is -2.32. The summed E-state index contributed by atoms with van der Waals surface area (Å²) < 4.78 is 32.6. The van der Waals surface area contributed by atoms with Crippen molar-refractivity contribution in [3.63, 3.8) is 0 Å². The van der Waals surface area contributed by atoms with Crippen molar-refractivity contribution in [1.82, 2.24) is 9.80 Å². The quantitative estimate of drug-likeness (QED) is 0.415. The van der Waals surface area contributed by atoms with E-state index in [9.17, 15) is 23.5 Å². The smallest absolute Gasteiger partial charge is 0.295 e. The predicted octanol–water partition coefficient (Wildman–Crippen LogP) is 3.35. The lowest BCUT2D eigenvalue weighted by atomic mass is 9.95. The fourth-order valence-corrected chi connectivity index (χ4v) is 3.63. The second-order valence-corrected chi connectivity index (χ2v) is 7.55. The number of amides is 1. The van der Waals surface area contributed by atoms with Gasteiger partial charge >= 0.3 is 0 Å². The van der Waals surface area contributed by atoms with Crippen molar-refractivity contribution in [1.29, 1.82) is 0 Å². The van der Waals surface area contributed by atoms with Crippen molar-refractivity contribution >= 4 is 17.4 Å². The zero-order valence-electron chi connectivity index (χ0n) is 17.6. The molecule has 0 spiro atoms. The Morgan fingerprint density at radius 2 is 1.81 bits per heavy atom. The van der Waals surface area contributed by atoms with Crippen molar-refractivity contribution in [2.75, 3.05) is 34.3 Å². The first-order valence-electron chi connectivity index (χ1n) is 9.77. The molecule has 1 aliphatic heterocycles. The zero-order valence-corrected chi connectivity index (χ0v) is 17.6. The van der Waals surface area contributed by atoms with E-state index in [-0.39, 0.29) is 23.4 Å². The van der Waals surface area contributed by atoms with E-state index in [1.807, 2.05) is 19.0 Å². The van der Waals surface area contributed by atoms with Gasteiger partial charge < -0.3 is 19.6 Å². The van der Waals surface area contributed by atoms with E-state index in [1.54, 1.807) is 0 Å². The highest BCUT2D eigenvalue weighted by Crippen LogP contribution is 2.39. The van der Waals surface area contributed by atoms with E-state index in [0.717, 1.165) is 6.07 Å². The minimum Gasteiger partial charge on any atom is -0.507 e. The summed E-state index contributed by atoms with van der Waals surface area (Å²) >= 11 is 0. The van der Waals surface area contributed by atoms with E-state index in [2.05, 4.69) is 0 Å². The van der Waals surface area contributed by atoms with Crippen molar-refractivity contribution in [2.24, 2.45) is 0 Å². The van der Waals surface area contributed by atoms with Gasteiger partial charge in [0.05, 0.1) is 18.7 Å². The second kappa shape index (κ2) is 9.26. The molecule has 31 heavy (non-hydrogen) atoms. The molecule has 164 valence electrons. The molecule has 0 aromatic heterocycles. The summed E-state index contributed by atoms with van der Waals surface area (Å²) in [6, 6.07) is 8.23. The van der Waals surface area contributed by atoms with Crippen LogP contribution in [0, 0.1) is 11.6 Å². The molecule has 0 bridgehead atoms. The zero-order chi connectivity index (χ0) is 22.7. The number of aliphatic hydroxyl groups excluding tert-OH is 1. The Balaban J connectivity index is 2.10. The van der Waals surface area contributed by atoms with Crippen molar-refractivity contribution in [2.45, 2.75) is 12.5 Å². The Kier molecular flexibility index (Phi) is 6.70. The van der Waals surface area contributed by atoms with Gasteiger partial charge in [0.25, 0.3) is 11.7 Å². The third-order valence-corrected chi connectivity index (χ3v) is 5.16. The Hall–Kier alpha value is -3.26. The molecule has 0 saturated carbocycles. The maximum atomic E-state index is 14.2. The molecule has 2 aromatic rings. The Morgan fingerprint density at radius 3 is 2.39 bits per heavy atom. The van der Waals surface area contributed by atoms with Gasteiger partial charge in [-0.2, -0.15) is 0 Å². The Bertz CT molecular complexity index is 1020. The van der Waals surface area contributed by atoms with Crippen LogP contribution in [0.5, 0.6) is 5.75 Å². The van der Waals surface area contributed by atoms with Crippen LogP contribution >= 0.6 is 0 Å². The summed E-state index contributed by atoms with van der Waals surface area (Å²) in [7, 11) is 5.10. The summed E-state index contributed by atoms with van der Waals surface area (Å²) in [5, 5.41) is 10.9. The molecule has 1 saturated heterocycles. The summed E-state index contributed by atoms with van der Waals surface area (Å²) in [5.74, 6) is -3.33. The second-order valence-electron chi connectivity index (χ2n) is 7.55. The number of nitrogens with zero attached hydrogens (tertiary/aromatic N) is 2. The van der Waals surface area contributed by atoms with E-state index < -0.39 is 35.1 Å². The lowest BCUT2D eigenvalue weighted by molar-refractivity contribution is -0.139. The van der Waals surface area contributed by atoms with Crippen LogP contribution in [0.4, 0.5) is 8.78 Å². The van der Waals surface area contributed by atoms with Crippen LogP contribution in [0.25, 0.3) is 5.76 Å². The van der Waals surface area contributed by atoms with Gasteiger partial charge in [0.2, 0.25) is 0 Å². The number of benzene rings is 2. The number of ketones is 1. The molecule has 1 atom stereocenters. The lowest BCUT2D eigenvalue weighted by Gasteiger charge is -2.26. The number of aliphatic hydroxyl groups is 1. The number of carbonyl (C=O) groups excluding carboxylic acids is 2. The first-order valence-corrected chi connectivity index (χ1v) is 9.77. The largest absolute Gasteiger partial charge is 0.507 e. The van der Waals surface area contributed by atoms with Crippen LogP contribution in [0.15, 0.2) is 48.0 Å². The van der Waals surface area contributed by atoms with Crippen molar-refractivity contribution in [3.8, 4) is 5.75 Å². The molecule has 1 N–H and O–H groups in total. The number of carbonyl (C=O) groups is 2. The first-order chi connectivity index (χ1) is 14.7. The number of likely N-dealkylation sites (tertiary alicyclic amines) is 1. The summed E-state index contributed by atoms with van der Waals surface area (Å²) in [4.78, 5) is 29.0. The van der Waals surface area contributed by atoms with E-state index >= 15 is 0 Å². The van der Waals surface area contributed by atoms with Gasteiger partial charge in [-0.05, 0) is 63.0 Å². The summed E-state index contributed by atoms with van der Waals surface area (Å²) in [6.45, 7) is 0.946. The third kappa shape index (κ3) is 4.59. The van der Waals surface area contributed by atoms with Crippen LogP contribution in [0.1, 0.15) is 23.6 Å². The monoisotopic (exact) mass is 430 g/mol. The minimum absolute atomic E-state index is 0.0178. The Labute approximate surface area is 179 Å². The molecule has 0 unspecified atom stereocenters. The molecular formula is C23H24F2N2O4.